The van der Waals surface area contributed by atoms with Crippen LogP contribution in [-0.2, 0) is 11.3 Å². The molecule has 160 valence electrons. The largest absolute Gasteiger partial charge is 0.493 e. The number of methoxy groups -OCH3 is 2. The van der Waals surface area contributed by atoms with Crippen LogP contribution in [0, 0.1) is 0 Å². The van der Waals surface area contributed by atoms with Crippen LogP contribution in [-0.4, -0.2) is 68.8 Å². The number of imidazole rings is 1. The van der Waals surface area contributed by atoms with E-state index in [0.717, 1.165) is 5.56 Å². The van der Waals surface area contributed by atoms with Crippen molar-refractivity contribution in [3.05, 3.63) is 36.4 Å². The first-order valence-electron chi connectivity index (χ1n) is 9.39. The third-order valence-corrected chi connectivity index (χ3v) is 5.12. The molecule has 1 aliphatic rings. The van der Waals surface area contributed by atoms with Gasteiger partial charge >= 0.3 is 0 Å². The second-order valence-corrected chi connectivity index (χ2v) is 6.95. The maximum Gasteiger partial charge on any atom is 0.167 e. The Labute approximate surface area is 172 Å². The van der Waals surface area contributed by atoms with Gasteiger partial charge in [-0.25, -0.2) is 15.0 Å². The Morgan fingerprint density at radius 1 is 1.13 bits per heavy atom. The summed E-state index contributed by atoms with van der Waals surface area (Å²) >= 11 is 0. The number of aliphatic hydroxyl groups excluding tert-OH is 2. The molecule has 1 saturated heterocycles. The summed E-state index contributed by atoms with van der Waals surface area (Å²) in [5.74, 6) is 1.52. The summed E-state index contributed by atoms with van der Waals surface area (Å²) in [6, 6.07) is 5.62. The number of rotatable bonds is 7. The predicted octanol–water partition coefficient (Wildman–Crippen LogP) is -0.165. The fourth-order valence-corrected chi connectivity index (χ4v) is 3.53. The molecule has 1 aliphatic heterocycles. The van der Waals surface area contributed by atoms with Gasteiger partial charge in [-0.05, 0) is 17.7 Å². The van der Waals surface area contributed by atoms with E-state index in [0.29, 0.717) is 35.8 Å². The second kappa shape index (κ2) is 8.40. The zero-order valence-corrected chi connectivity index (χ0v) is 16.6. The molecule has 2 aromatic heterocycles. The van der Waals surface area contributed by atoms with Gasteiger partial charge in [-0.3, -0.25) is 4.57 Å². The number of hydrogen-bond donors (Lipinski definition) is 4. The summed E-state index contributed by atoms with van der Waals surface area (Å²) in [4.78, 5) is 12.2. The van der Waals surface area contributed by atoms with E-state index in [1.165, 1.54) is 12.7 Å². The molecule has 0 unspecified atom stereocenters. The lowest BCUT2D eigenvalue weighted by Gasteiger charge is -2.16. The molecule has 3 aromatic rings. The number of nitrogens with two attached hydrogens (primary N) is 1. The Kier molecular flexibility index (Phi) is 5.68. The van der Waals surface area contributed by atoms with Crippen LogP contribution in [0.2, 0.25) is 0 Å². The molecule has 1 aromatic carbocycles. The maximum absolute atomic E-state index is 10.5. The molecule has 0 spiro atoms. The molecule has 0 amide bonds. The average Bonchev–Trinajstić information content (AvgIpc) is 3.31. The molecule has 0 aliphatic carbocycles. The zero-order chi connectivity index (χ0) is 21.3. The van der Waals surface area contributed by atoms with Crippen molar-refractivity contribution in [2.24, 2.45) is 0 Å². The summed E-state index contributed by atoms with van der Waals surface area (Å²) in [7, 11) is 3.16. The van der Waals surface area contributed by atoms with Crippen LogP contribution >= 0.6 is 0 Å². The molecular formula is C19H24N6O5. The lowest BCUT2D eigenvalue weighted by molar-refractivity contribution is -0.0342. The third-order valence-electron chi connectivity index (χ3n) is 5.12. The van der Waals surface area contributed by atoms with Gasteiger partial charge < -0.3 is 35.5 Å². The minimum absolute atomic E-state index is 0.236. The summed E-state index contributed by atoms with van der Waals surface area (Å²) in [6.07, 6.45) is -0.907. The molecule has 1 fully saturated rings. The van der Waals surface area contributed by atoms with Crippen LogP contribution in [0.15, 0.2) is 30.9 Å². The Hall–Kier alpha value is -2.99. The van der Waals surface area contributed by atoms with Crippen molar-refractivity contribution in [1.29, 1.82) is 0 Å². The van der Waals surface area contributed by atoms with Crippen molar-refractivity contribution in [3.63, 3.8) is 0 Å². The smallest absolute Gasteiger partial charge is 0.167 e. The average molecular weight is 416 g/mol. The highest BCUT2D eigenvalue weighted by Crippen LogP contribution is 2.32. The molecule has 11 nitrogen and oxygen atoms in total. The van der Waals surface area contributed by atoms with E-state index in [-0.39, 0.29) is 5.82 Å². The van der Waals surface area contributed by atoms with E-state index in [1.807, 2.05) is 18.2 Å². The van der Waals surface area contributed by atoms with Crippen LogP contribution in [0.25, 0.3) is 11.2 Å². The van der Waals surface area contributed by atoms with Gasteiger partial charge in [0, 0.05) is 13.1 Å². The van der Waals surface area contributed by atoms with Gasteiger partial charge in [0.15, 0.2) is 29.2 Å². The topological polar surface area (TPSA) is 150 Å². The molecule has 0 radical (unpaired) electrons. The van der Waals surface area contributed by atoms with E-state index in [1.54, 1.807) is 18.8 Å². The van der Waals surface area contributed by atoms with Crippen molar-refractivity contribution in [2.75, 3.05) is 26.5 Å². The van der Waals surface area contributed by atoms with Gasteiger partial charge in [0.2, 0.25) is 0 Å². The van der Waals surface area contributed by atoms with Crippen LogP contribution in [0.4, 0.5) is 5.82 Å². The molecule has 0 saturated carbocycles. The van der Waals surface area contributed by atoms with E-state index < -0.39 is 24.5 Å². The van der Waals surface area contributed by atoms with Gasteiger partial charge in [-0.1, -0.05) is 6.07 Å². The Balaban J connectivity index is 1.42. The first-order valence-corrected chi connectivity index (χ1v) is 9.39. The standard InChI is InChI=1S/C19H24N6O5/c1-28-11-4-3-10(5-12(11)29-2)6-21-7-13-15(26)16(27)19(30-13)25-9-24-14-17(20)22-8-23-18(14)25/h3-5,8-9,13,15-16,19,21,26-27H,6-7H2,1-2H3,(H2,20,22,23)/t13-,15-,16-,19-/m1/s1. The SMILES string of the molecule is COc1ccc(CNC[C@H]2O[C@@H](n3cnc4c(N)ncnc43)[C@H](O)[C@@H]2O)cc1OC. The highest BCUT2D eigenvalue weighted by molar-refractivity contribution is 5.81. The first kappa shape index (κ1) is 20.3. The summed E-state index contributed by atoms with van der Waals surface area (Å²) in [6.45, 7) is 0.846. The quantitative estimate of drug-likeness (QED) is 0.409. The van der Waals surface area contributed by atoms with Gasteiger partial charge in [0.05, 0.1) is 20.5 Å². The van der Waals surface area contributed by atoms with Gasteiger partial charge in [-0.2, -0.15) is 0 Å². The molecule has 0 bridgehead atoms. The van der Waals surface area contributed by atoms with E-state index >= 15 is 0 Å². The van der Waals surface area contributed by atoms with Gasteiger partial charge in [0.25, 0.3) is 0 Å². The fraction of sp³-hybridized carbons (Fsp3) is 0.421. The number of hydrogen-bond acceptors (Lipinski definition) is 10. The zero-order valence-electron chi connectivity index (χ0n) is 16.6. The molecule has 3 heterocycles. The number of ether oxygens (including phenoxy) is 3. The fourth-order valence-electron chi connectivity index (χ4n) is 3.53. The van der Waals surface area contributed by atoms with Crippen molar-refractivity contribution < 1.29 is 24.4 Å². The number of benzene rings is 1. The van der Waals surface area contributed by atoms with Crippen LogP contribution < -0.4 is 20.5 Å². The van der Waals surface area contributed by atoms with Crippen LogP contribution in [0.5, 0.6) is 11.5 Å². The number of anilines is 1. The summed E-state index contributed by atoms with van der Waals surface area (Å²) in [5, 5.41) is 24.2. The van der Waals surface area contributed by atoms with Gasteiger partial charge in [0.1, 0.15) is 30.2 Å². The number of nitrogens with zero attached hydrogens (tertiary/aromatic N) is 4. The minimum atomic E-state index is -1.15. The lowest BCUT2D eigenvalue weighted by atomic mass is 10.1. The summed E-state index contributed by atoms with van der Waals surface area (Å²) in [5.41, 5.74) is 7.63. The van der Waals surface area contributed by atoms with E-state index in [4.69, 9.17) is 19.9 Å². The van der Waals surface area contributed by atoms with Gasteiger partial charge in [-0.15, -0.1) is 0 Å². The van der Waals surface area contributed by atoms with Crippen molar-refractivity contribution in [3.8, 4) is 11.5 Å². The number of nitrogens with one attached hydrogen (secondary N) is 1. The van der Waals surface area contributed by atoms with Crippen molar-refractivity contribution in [2.45, 2.75) is 31.1 Å². The maximum atomic E-state index is 10.5. The molecule has 5 N–H and O–H groups in total. The van der Waals surface area contributed by atoms with Crippen molar-refractivity contribution in [1.82, 2.24) is 24.8 Å². The normalized spacial score (nSPS) is 23.7. The number of aliphatic hydroxyl groups is 2. The first-order chi connectivity index (χ1) is 14.5. The highest BCUT2D eigenvalue weighted by atomic mass is 16.6. The second-order valence-electron chi connectivity index (χ2n) is 6.95. The molecule has 4 rings (SSSR count). The molecule has 4 atom stereocenters. The number of fused-ring (bicyclic) bond motifs is 1. The molecular weight excluding hydrogens is 392 g/mol. The summed E-state index contributed by atoms with van der Waals surface area (Å²) < 4.78 is 18.0. The highest BCUT2D eigenvalue weighted by Gasteiger charge is 2.44. The van der Waals surface area contributed by atoms with Crippen molar-refractivity contribution >= 4 is 17.0 Å². The molecule has 30 heavy (non-hydrogen) atoms. The number of aromatic nitrogens is 4. The van der Waals surface area contributed by atoms with Crippen LogP contribution in [0.1, 0.15) is 11.8 Å². The minimum Gasteiger partial charge on any atom is -0.493 e. The Bertz CT molecular complexity index is 1030. The van der Waals surface area contributed by atoms with Crippen LogP contribution in [0.3, 0.4) is 0 Å². The third kappa shape index (κ3) is 3.63. The van der Waals surface area contributed by atoms with E-state index in [9.17, 15) is 10.2 Å². The molecule has 11 heteroatoms. The lowest BCUT2D eigenvalue weighted by Crippen LogP contribution is -2.37. The Morgan fingerprint density at radius 2 is 1.93 bits per heavy atom. The number of nitrogen functional groups attached to an aromatic ring is 1. The monoisotopic (exact) mass is 416 g/mol. The Morgan fingerprint density at radius 3 is 2.70 bits per heavy atom. The predicted molar refractivity (Wildman–Crippen MR) is 107 cm³/mol. The van der Waals surface area contributed by atoms with E-state index in [2.05, 4.69) is 20.3 Å².